The summed E-state index contributed by atoms with van der Waals surface area (Å²) in [5.74, 6) is 0.0881. The summed E-state index contributed by atoms with van der Waals surface area (Å²) in [6.07, 6.45) is 4.42. The van der Waals surface area contributed by atoms with Crippen molar-refractivity contribution in [2.24, 2.45) is 0 Å². The first-order chi connectivity index (χ1) is 6.67. The van der Waals surface area contributed by atoms with Crippen molar-refractivity contribution in [3.63, 3.8) is 0 Å². The molecule has 3 heteroatoms. The number of hydrogen-bond acceptors (Lipinski definition) is 2. The predicted octanol–water partition coefficient (Wildman–Crippen LogP) is 2.43. The van der Waals surface area contributed by atoms with Gasteiger partial charge in [0.25, 0.3) is 0 Å². The van der Waals surface area contributed by atoms with Crippen LogP contribution in [0, 0.1) is 0 Å². The summed E-state index contributed by atoms with van der Waals surface area (Å²) in [6, 6.07) is 8.51. The van der Waals surface area contributed by atoms with Crippen molar-refractivity contribution >= 4 is 9.84 Å². The highest BCUT2D eigenvalue weighted by Gasteiger charge is 2.10. The van der Waals surface area contributed by atoms with Crippen molar-refractivity contribution in [1.29, 1.82) is 0 Å². The van der Waals surface area contributed by atoms with E-state index in [2.05, 4.69) is 0 Å². The SMILES string of the molecule is CCC=CCS(=O)(=O)c1ccccc1. The summed E-state index contributed by atoms with van der Waals surface area (Å²) in [4.78, 5) is 0.390. The standard InChI is InChI=1S/C11H14O2S/c1-2-3-7-10-14(12,13)11-8-5-4-6-9-11/h3-9H,2,10H2,1H3. The van der Waals surface area contributed by atoms with Crippen molar-refractivity contribution in [1.82, 2.24) is 0 Å². The maximum absolute atomic E-state index is 11.7. The van der Waals surface area contributed by atoms with Crippen LogP contribution in [-0.4, -0.2) is 14.2 Å². The molecule has 0 unspecified atom stereocenters. The fourth-order valence-electron chi connectivity index (χ4n) is 1.09. The molecular weight excluding hydrogens is 196 g/mol. The van der Waals surface area contributed by atoms with E-state index in [9.17, 15) is 8.42 Å². The second kappa shape index (κ2) is 4.96. The van der Waals surface area contributed by atoms with E-state index in [4.69, 9.17) is 0 Å². The minimum atomic E-state index is -3.12. The van der Waals surface area contributed by atoms with Crippen molar-refractivity contribution in [3.8, 4) is 0 Å². The zero-order chi connectivity index (χ0) is 10.4. The Morgan fingerprint density at radius 2 is 1.79 bits per heavy atom. The fraction of sp³-hybridized carbons (Fsp3) is 0.273. The minimum absolute atomic E-state index is 0.0881. The highest BCUT2D eigenvalue weighted by atomic mass is 32.2. The van der Waals surface area contributed by atoms with Gasteiger partial charge in [-0.2, -0.15) is 0 Å². The molecule has 0 saturated carbocycles. The largest absolute Gasteiger partial charge is 0.223 e. The van der Waals surface area contributed by atoms with Gasteiger partial charge in [-0.3, -0.25) is 0 Å². The topological polar surface area (TPSA) is 34.1 Å². The predicted molar refractivity (Wildman–Crippen MR) is 57.9 cm³/mol. The van der Waals surface area contributed by atoms with Crippen LogP contribution in [0.4, 0.5) is 0 Å². The van der Waals surface area contributed by atoms with Crippen LogP contribution in [0.1, 0.15) is 13.3 Å². The molecule has 14 heavy (non-hydrogen) atoms. The molecule has 0 bridgehead atoms. The molecule has 0 aliphatic carbocycles. The Bertz CT molecular complexity index is 391. The molecule has 0 N–H and O–H groups in total. The van der Waals surface area contributed by atoms with Crippen molar-refractivity contribution in [3.05, 3.63) is 42.5 Å². The van der Waals surface area contributed by atoms with Crippen molar-refractivity contribution in [2.75, 3.05) is 5.75 Å². The van der Waals surface area contributed by atoms with Gasteiger partial charge in [-0.25, -0.2) is 8.42 Å². The molecule has 0 atom stereocenters. The Hall–Kier alpha value is -1.09. The molecular formula is C11H14O2S. The van der Waals surface area contributed by atoms with Gasteiger partial charge in [-0.05, 0) is 18.6 Å². The third kappa shape index (κ3) is 3.00. The van der Waals surface area contributed by atoms with Crippen LogP contribution >= 0.6 is 0 Å². The summed E-state index contributed by atoms with van der Waals surface area (Å²) in [5.41, 5.74) is 0. The number of hydrogen-bond donors (Lipinski definition) is 0. The Kier molecular flexibility index (Phi) is 3.89. The lowest BCUT2D eigenvalue weighted by molar-refractivity contribution is 0.599. The molecule has 1 aromatic carbocycles. The summed E-state index contributed by atoms with van der Waals surface area (Å²) >= 11 is 0. The lowest BCUT2D eigenvalue weighted by Crippen LogP contribution is -2.04. The number of benzene rings is 1. The maximum Gasteiger partial charge on any atom is 0.181 e. The van der Waals surface area contributed by atoms with E-state index < -0.39 is 9.84 Å². The van der Waals surface area contributed by atoms with Gasteiger partial charge in [-0.15, -0.1) is 0 Å². The van der Waals surface area contributed by atoms with E-state index in [0.717, 1.165) is 6.42 Å². The van der Waals surface area contributed by atoms with Crippen LogP contribution in [0.25, 0.3) is 0 Å². The molecule has 0 fully saturated rings. The summed E-state index contributed by atoms with van der Waals surface area (Å²) < 4.78 is 23.3. The molecule has 1 aromatic rings. The average Bonchev–Trinajstić information content (AvgIpc) is 2.19. The second-order valence-corrected chi connectivity index (χ2v) is 5.01. The first kappa shape index (κ1) is 11.0. The lowest BCUT2D eigenvalue weighted by Gasteiger charge is -1.99. The van der Waals surface area contributed by atoms with Gasteiger partial charge >= 0.3 is 0 Å². The summed E-state index contributed by atoms with van der Waals surface area (Å²) in [6.45, 7) is 1.98. The molecule has 2 nitrogen and oxygen atoms in total. The van der Waals surface area contributed by atoms with Gasteiger partial charge in [0.2, 0.25) is 0 Å². The Morgan fingerprint density at radius 3 is 2.36 bits per heavy atom. The molecule has 0 heterocycles. The molecule has 0 aliphatic heterocycles. The van der Waals surface area contributed by atoms with E-state index >= 15 is 0 Å². The minimum Gasteiger partial charge on any atom is -0.223 e. The Labute approximate surface area is 85.2 Å². The quantitative estimate of drug-likeness (QED) is 0.715. The van der Waals surface area contributed by atoms with Gasteiger partial charge in [0.05, 0.1) is 10.6 Å². The van der Waals surface area contributed by atoms with E-state index in [0.29, 0.717) is 4.90 Å². The summed E-state index contributed by atoms with van der Waals surface area (Å²) in [7, 11) is -3.12. The fourth-order valence-corrected chi connectivity index (χ4v) is 2.24. The molecule has 0 amide bonds. The molecule has 0 aliphatic rings. The molecule has 1 rings (SSSR count). The average molecular weight is 210 g/mol. The monoisotopic (exact) mass is 210 g/mol. The Balaban J connectivity index is 2.82. The molecule has 0 aromatic heterocycles. The molecule has 0 saturated heterocycles. The Morgan fingerprint density at radius 1 is 1.14 bits per heavy atom. The maximum atomic E-state index is 11.7. The van der Waals surface area contributed by atoms with E-state index in [1.807, 2.05) is 13.0 Å². The van der Waals surface area contributed by atoms with Gasteiger partial charge in [-0.1, -0.05) is 37.3 Å². The first-order valence-corrected chi connectivity index (χ1v) is 6.25. The molecule has 76 valence electrons. The smallest absolute Gasteiger partial charge is 0.181 e. The van der Waals surface area contributed by atoms with Crippen molar-refractivity contribution < 1.29 is 8.42 Å². The van der Waals surface area contributed by atoms with E-state index in [-0.39, 0.29) is 5.75 Å². The van der Waals surface area contributed by atoms with Gasteiger partial charge in [0.1, 0.15) is 0 Å². The third-order valence-corrected chi connectivity index (χ3v) is 3.44. The molecule has 0 radical (unpaired) electrons. The lowest BCUT2D eigenvalue weighted by atomic mass is 10.4. The third-order valence-electron chi connectivity index (χ3n) is 1.82. The van der Waals surface area contributed by atoms with Gasteiger partial charge in [0.15, 0.2) is 9.84 Å². The zero-order valence-electron chi connectivity index (χ0n) is 8.18. The van der Waals surface area contributed by atoms with Crippen LogP contribution in [0.5, 0.6) is 0 Å². The number of sulfone groups is 1. The molecule has 0 spiro atoms. The zero-order valence-corrected chi connectivity index (χ0v) is 9.00. The normalized spacial score (nSPS) is 12.1. The van der Waals surface area contributed by atoms with Crippen molar-refractivity contribution in [2.45, 2.75) is 18.2 Å². The number of allylic oxidation sites excluding steroid dienone is 1. The first-order valence-electron chi connectivity index (χ1n) is 4.59. The van der Waals surface area contributed by atoms with Crippen LogP contribution in [0.3, 0.4) is 0 Å². The second-order valence-electron chi connectivity index (χ2n) is 2.97. The highest BCUT2D eigenvalue weighted by Crippen LogP contribution is 2.09. The van der Waals surface area contributed by atoms with Crippen LogP contribution in [0.2, 0.25) is 0 Å². The van der Waals surface area contributed by atoms with Crippen LogP contribution in [0.15, 0.2) is 47.4 Å². The number of rotatable bonds is 4. The van der Waals surface area contributed by atoms with E-state index in [1.165, 1.54) is 0 Å². The van der Waals surface area contributed by atoms with Crippen LogP contribution < -0.4 is 0 Å². The van der Waals surface area contributed by atoms with Gasteiger partial charge < -0.3 is 0 Å². The van der Waals surface area contributed by atoms with E-state index in [1.54, 1.807) is 36.4 Å². The van der Waals surface area contributed by atoms with Gasteiger partial charge in [0, 0.05) is 0 Å². The highest BCUT2D eigenvalue weighted by molar-refractivity contribution is 7.91. The van der Waals surface area contributed by atoms with Crippen LogP contribution in [-0.2, 0) is 9.84 Å². The summed E-state index contributed by atoms with van der Waals surface area (Å²) in [5, 5.41) is 0.